The zero-order valence-corrected chi connectivity index (χ0v) is 20.6. The Morgan fingerprint density at radius 3 is 2.64 bits per heavy atom. The molecule has 3 N–H and O–H groups in total. The van der Waals surface area contributed by atoms with Crippen LogP contribution in [-0.2, 0) is 11.8 Å². The molecule has 1 saturated heterocycles. The predicted octanol–water partition coefficient (Wildman–Crippen LogP) is 3.54. The monoisotopic (exact) mass is 486 g/mol. The quantitative estimate of drug-likeness (QED) is 0.616. The van der Waals surface area contributed by atoms with E-state index >= 15 is 0 Å². The van der Waals surface area contributed by atoms with Crippen molar-refractivity contribution < 1.29 is 19.7 Å². The second-order valence-corrected chi connectivity index (χ2v) is 12.4. The van der Waals surface area contributed by atoms with Crippen molar-refractivity contribution in [1.29, 1.82) is 0 Å². The van der Waals surface area contributed by atoms with Crippen LogP contribution in [-0.4, -0.2) is 57.9 Å². The van der Waals surface area contributed by atoms with Crippen LogP contribution >= 0.6 is 0 Å². The lowest BCUT2D eigenvalue weighted by molar-refractivity contribution is -0.235. The van der Waals surface area contributed by atoms with E-state index in [0.29, 0.717) is 17.7 Å². The van der Waals surface area contributed by atoms with E-state index < -0.39 is 11.0 Å². The number of phenolic OH excluding ortho intramolecular Hbond substituents is 1. The third kappa shape index (κ3) is 2.52. The molecule has 2 aliphatic heterocycles. The lowest BCUT2D eigenvalue weighted by Gasteiger charge is -2.69. The Hall–Kier alpha value is -2.57. The van der Waals surface area contributed by atoms with Gasteiger partial charge in [0, 0.05) is 35.2 Å². The fraction of sp³-hybridized carbons (Fsp3) is 0.567. The first-order chi connectivity index (χ1) is 17.5. The van der Waals surface area contributed by atoms with Crippen molar-refractivity contribution in [3.8, 4) is 11.5 Å². The zero-order valence-electron chi connectivity index (χ0n) is 20.6. The van der Waals surface area contributed by atoms with Gasteiger partial charge in [-0.1, -0.05) is 24.3 Å². The fourth-order valence-electron chi connectivity index (χ4n) is 8.96. The van der Waals surface area contributed by atoms with Gasteiger partial charge in [-0.3, -0.25) is 9.69 Å². The number of rotatable bonds is 4. The smallest absolute Gasteiger partial charge is 0.251 e. The first-order valence-corrected chi connectivity index (χ1v) is 13.8. The van der Waals surface area contributed by atoms with Crippen molar-refractivity contribution in [3.63, 3.8) is 0 Å². The average molecular weight is 487 g/mol. The van der Waals surface area contributed by atoms with Crippen molar-refractivity contribution in [3.05, 3.63) is 59.2 Å². The summed E-state index contributed by atoms with van der Waals surface area (Å²) < 4.78 is 6.80. The molecule has 2 heterocycles. The SMILES string of the molecule is O=C(N[C@@H]1CC[C@]12CC[C@@]1(O)[C@H]3Cc4ccc(O)c5c4[C@@]1(CCN3CC1CC1)[C@H]2O5)c1ccccc1. The molecule has 6 atom stereocenters. The van der Waals surface area contributed by atoms with Crippen LogP contribution in [0.5, 0.6) is 11.5 Å². The molecule has 6 heteroatoms. The zero-order chi connectivity index (χ0) is 24.3. The number of piperidine rings is 1. The van der Waals surface area contributed by atoms with E-state index in [0.717, 1.165) is 56.7 Å². The summed E-state index contributed by atoms with van der Waals surface area (Å²) >= 11 is 0. The van der Waals surface area contributed by atoms with Gasteiger partial charge in [-0.25, -0.2) is 0 Å². The summed E-state index contributed by atoms with van der Waals surface area (Å²) in [5.74, 6) is 1.50. The van der Waals surface area contributed by atoms with Crippen molar-refractivity contribution in [2.75, 3.05) is 13.1 Å². The Balaban J connectivity index is 1.21. The summed E-state index contributed by atoms with van der Waals surface area (Å²) in [5, 5.41) is 27.0. The number of nitrogens with one attached hydrogen (secondary N) is 1. The van der Waals surface area contributed by atoms with E-state index in [9.17, 15) is 15.0 Å². The standard InChI is InChI=1S/C30H34N2O4/c33-21-9-8-20-16-23-30(35)13-12-28(11-10-22(28)31-26(34)19-4-2-1-3-5-19)27-29(30,24(20)25(21)36-27)14-15-32(23)17-18-6-7-18/h1-5,8-9,18,22-23,27,33,35H,6-7,10-17H2,(H,31,34)/t22-,23-,27+,28+,29+,30-/m1/s1. The highest BCUT2D eigenvalue weighted by atomic mass is 16.5. The Kier molecular flexibility index (Phi) is 4.21. The Labute approximate surface area is 211 Å². The van der Waals surface area contributed by atoms with Crippen LogP contribution in [0.15, 0.2) is 42.5 Å². The van der Waals surface area contributed by atoms with Crippen molar-refractivity contribution in [2.24, 2.45) is 11.3 Å². The molecule has 0 unspecified atom stereocenters. The number of phenols is 1. The maximum atomic E-state index is 13.1. The second kappa shape index (κ2) is 7.05. The van der Waals surface area contributed by atoms with Gasteiger partial charge in [0.1, 0.15) is 6.10 Å². The molecule has 4 fully saturated rings. The number of aliphatic hydroxyl groups is 1. The van der Waals surface area contributed by atoms with Crippen LogP contribution in [0.25, 0.3) is 0 Å². The van der Waals surface area contributed by atoms with Crippen LogP contribution in [0.4, 0.5) is 0 Å². The number of ether oxygens (including phenoxy) is 1. The van der Waals surface area contributed by atoms with Gasteiger partial charge in [0.25, 0.3) is 5.91 Å². The summed E-state index contributed by atoms with van der Waals surface area (Å²) in [4.78, 5) is 15.7. The summed E-state index contributed by atoms with van der Waals surface area (Å²) in [5.41, 5.74) is 1.31. The van der Waals surface area contributed by atoms with Crippen LogP contribution in [0.1, 0.15) is 66.4 Å². The third-order valence-corrected chi connectivity index (χ3v) is 10.9. The van der Waals surface area contributed by atoms with Crippen molar-refractivity contribution in [1.82, 2.24) is 10.2 Å². The van der Waals surface area contributed by atoms with Gasteiger partial charge in [0.15, 0.2) is 11.5 Å². The maximum Gasteiger partial charge on any atom is 0.251 e. The van der Waals surface area contributed by atoms with E-state index in [2.05, 4.69) is 16.3 Å². The molecule has 2 aromatic rings. The number of nitrogens with zero attached hydrogens (tertiary/aromatic N) is 1. The van der Waals surface area contributed by atoms with Gasteiger partial charge in [-0.05, 0) is 87.6 Å². The van der Waals surface area contributed by atoms with E-state index in [1.807, 2.05) is 30.3 Å². The van der Waals surface area contributed by atoms with Crippen LogP contribution in [0.3, 0.4) is 0 Å². The summed E-state index contributed by atoms with van der Waals surface area (Å²) in [6.45, 7) is 2.03. The number of aromatic hydroxyl groups is 1. The van der Waals surface area contributed by atoms with E-state index in [4.69, 9.17) is 4.74 Å². The molecule has 0 radical (unpaired) electrons. The fourth-order valence-corrected chi connectivity index (χ4v) is 8.96. The molecule has 2 aromatic carbocycles. The Morgan fingerprint density at radius 1 is 1.06 bits per heavy atom. The number of hydrogen-bond donors (Lipinski definition) is 3. The number of benzene rings is 2. The summed E-state index contributed by atoms with van der Waals surface area (Å²) in [6, 6.07) is 13.3. The number of hydrogen-bond acceptors (Lipinski definition) is 5. The van der Waals surface area contributed by atoms with Crippen molar-refractivity contribution >= 4 is 5.91 Å². The summed E-state index contributed by atoms with van der Waals surface area (Å²) in [6.07, 6.45) is 7.44. The topological polar surface area (TPSA) is 82.0 Å². The van der Waals surface area contributed by atoms with E-state index in [1.54, 1.807) is 6.07 Å². The van der Waals surface area contributed by atoms with Gasteiger partial charge in [-0.15, -0.1) is 0 Å². The molecule has 2 bridgehead atoms. The van der Waals surface area contributed by atoms with Gasteiger partial charge in [-0.2, -0.15) is 0 Å². The molecule has 6 aliphatic rings. The minimum Gasteiger partial charge on any atom is -0.504 e. The number of fused-ring (bicyclic) bond motifs is 1. The highest BCUT2D eigenvalue weighted by molar-refractivity contribution is 5.94. The normalized spacial score (nSPS) is 39.8. The minimum atomic E-state index is -0.883. The number of amides is 1. The molecule has 8 rings (SSSR count). The summed E-state index contributed by atoms with van der Waals surface area (Å²) in [7, 11) is 0. The molecule has 3 saturated carbocycles. The Morgan fingerprint density at radius 2 is 1.89 bits per heavy atom. The number of carbonyl (C=O) groups is 1. The highest BCUT2D eigenvalue weighted by Crippen LogP contribution is 2.71. The second-order valence-electron chi connectivity index (χ2n) is 12.4. The molecule has 1 amide bonds. The van der Waals surface area contributed by atoms with Gasteiger partial charge >= 0.3 is 0 Å². The first-order valence-electron chi connectivity index (χ1n) is 13.8. The highest BCUT2D eigenvalue weighted by Gasteiger charge is 2.77. The molecular weight excluding hydrogens is 452 g/mol. The number of likely N-dealkylation sites (tertiary alicyclic amines) is 1. The van der Waals surface area contributed by atoms with E-state index in [-0.39, 0.29) is 35.3 Å². The van der Waals surface area contributed by atoms with Gasteiger partial charge in [0.2, 0.25) is 0 Å². The first kappa shape index (κ1) is 21.5. The van der Waals surface area contributed by atoms with Gasteiger partial charge in [0.05, 0.1) is 11.0 Å². The van der Waals surface area contributed by atoms with Crippen LogP contribution < -0.4 is 10.1 Å². The van der Waals surface area contributed by atoms with Gasteiger partial charge < -0.3 is 20.3 Å². The minimum absolute atomic E-state index is 0.00101. The third-order valence-electron chi connectivity index (χ3n) is 10.9. The average Bonchev–Trinajstić information content (AvgIpc) is 3.62. The van der Waals surface area contributed by atoms with Crippen LogP contribution in [0, 0.1) is 11.3 Å². The molecule has 6 nitrogen and oxygen atoms in total. The lowest BCUT2D eigenvalue weighted by atomic mass is 9.40. The molecular formula is C30H34N2O4. The Bertz CT molecular complexity index is 1260. The molecule has 4 aliphatic carbocycles. The predicted molar refractivity (Wildman–Crippen MR) is 134 cm³/mol. The van der Waals surface area contributed by atoms with Crippen molar-refractivity contribution in [2.45, 2.75) is 80.6 Å². The van der Waals surface area contributed by atoms with E-state index in [1.165, 1.54) is 18.4 Å². The molecule has 0 aromatic heterocycles. The molecule has 36 heavy (non-hydrogen) atoms. The molecule has 2 spiro atoms. The largest absolute Gasteiger partial charge is 0.504 e. The lowest BCUT2D eigenvalue weighted by Crippen LogP contribution is -2.80. The maximum absolute atomic E-state index is 13.1. The molecule has 188 valence electrons. The van der Waals surface area contributed by atoms with Crippen LogP contribution in [0.2, 0.25) is 0 Å². The number of carbonyl (C=O) groups excluding carboxylic acids is 1.